The van der Waals surface area contributed by atoms with Crippen LogP contribution in [0, 0.1) is 0 Å². The van der Waals surface area contributed by atoms with Crippen molar-refractivity contribution in [2.75, 3.05) is 0 Å². The van der Waals surface area contributed by atoms with Crippen LogP contribution in [0.1, 0.15) is 22.2 Å². The number of hydrogen-bond donors (Lipinski definition) is 2. The summed E-state index contributed by atoms with van der Waals surface area (Å²) in [5.74, 6) is 0. The first-order chi connectivity index (χ1) is 4.42. The molecule has 0 amide bonds. The van der Waals surface area contributed by atoms with Crippen LogP contribution in [0.2, 0.25) is 0 Å². The maximum Gasteiger partial charge on any atom is 1.00 e. The quantitative estimate of drug-likeness (QED) is 0.322. The third-order valence-corrected chi connectivity index (χ3v) is 3.82. The van der Waals surface area contributed by atoms with E-state index in [2.05, 4.69) is 24.9 Å². The minimum Gasteiger partial charge on any atom is -1.00 e. The van der Waals surface area contributed by atoms with E-state index in [1.54, 1.807) is 0 Å². The van der Waals surface area contributed by atoms with Gasteiger partial charge in [-0.25, -0.2) is 0 Å². The van der Waals surface area contributed by atoms with Crippen molar-refractivity contribution in [1.29, 1.82) is 0 Å². The molecule has 0 aromatic heterocycles. The summed E-state index contributed by atoms with van der Waals surface area (Å²) in [6, 6.07) is 0. The van der Waals surface area contributed by atoms with E-state index in [1.165, 1.54) is 0 Å². The van der Waals surface area contributed by atoms with E-state index in [0.717, 1.165) is 11.7 Å². The molecule has 0 fully saturated rings. The molecule has 0 heterocycles. The van der Waals surface area contributed by atoms with Gasteiger partial charge in [-0.15, -0.1) is 0 Å². The molecule has 0 radical (unpaired) electrons. The molecule has 7 heteroatoms. The Morgan fingerprint density at radius 3 is 2.18 bits per heavy atom. The Kier molecular flexibility index (Phi) is 9.90. The summed E-state index contributed by atoms with van der Waals surface area (Å²) in [4.78, 5) is 0. The summed E-state index contributed by atoms with van der Waals surface area (Å²) < 4.78 is 4.46. The third kappa shape index (κ3) is 14.6. The van der Waals surface area contributed by atoms with Gasteiger partial charge < -0.3 is 15.6 Å². The number of hydrogen-bond acceptors (Lipinski definition) is 4. The first-order valence-corrected chi connectivity index (χ1v) is 5.34. The Bertz CT molecular complexity index is 105. The van der Waals surface area contributed by atoms with E-state index >= 15 is 0 Å². The Labute approximate surface area is 97.4 Å². The zero-order valence-corrected chi connectivity index (χ0v) is 11.1. The summed E-state index contributed by atoms with van der Waals surface area (Å²) in [6.45, 7) is 6.18. The second-order valence-electron chi connectivity index (χ2n) is 2.86. The first-order valence-electron chi connectivity index (χ1n) is 2.87. The van der Waals surface area contributed by atoms with Crippen molar-refractivity contribution in [3.05, 3.63) is 0 Å². The van der Waals surface area contributed by atoms with E-state index in [1.807, 2.05) is 0 Å². The van der Waals surface area contributed by atoms with Crippen LogP contribution in [0.25, 0.3) is 0 Å². The Morgan fingerprint density at radius 1 is 1.45 bits per heavy atom. The average molecular weight is 206 g/mol. The van der Waals surface area contributed by atoms with E-state index in [-0.39, 0.29) is 36.1 Å². The van der Waals surface area contributed by atoms with Gasteiger partial charge in [-0.05, 0) is 12.9 Å². The zero-order valence-electron chi connectivity index (χ0n) is 8.29. The molecule has 0 aromatic rings. The molecule has 62 valence electrons. The number of rotatable bonds is 3. The van der Waals surface area contributed by atoms with Gasteiger partial charge in [0.25, 0.3) is 0 Å². The van der Waals surface area contributed by atoms with Gasteiger partial charge in [0.1, 0.15) is 0 Å². The normalized spacial score (nSPS) is 11.7. The summed E-state index contributed by atoms with van der Waals surface area (Å²) in [7, 11) is -1.14. The second-order valence-corrected chi connectivity index (χ2v) is 6.03. The van der Waals surface area contributed by atoms with Gasteiger partial charge in [0.05, 0.1) is 0 Å². The fourth-order valence-electron chi connectivity index (χ4n) is 0.192. The minimum absolute atomic E-state index is 0. The summed E-state index contributed by atoms with van der Waals surface area (Å²) in [6.07, 6.45) is 0. The van der Waals surface area contributed by atoms with Crippen molar-refractivity contribution in [3.63, 3.8) is 0 Å². The van der Waals surface area contributed by atoms with Gasteiger partial charge in [0, 0.05) is 11.7 Å². The fraction of sp³-hybridized carbons (Fsp3) is 1.00. The Morgan fingerprint density at radius 2 is 1.91 bits per heavy atom. The molecule has 0 aliphatic heterocycles. The Balaban J connectivity index is -0.000000405. The molecule has 11 heavy (non-hydrogen) atoms. The zero-order chi connectivity index (χ0) is 8.20. The van der Waals surface area contributed by atoms with Crippen molar-refractivity contribution in [2.45, 2.75) is 25.9 Å². The molecule has 0 bridgehead atoms. The molecule has 0 saturated heterocycles. The topological polar surface area (TPSA) is 49.7 Å². The van der Waals surface area contributed by atoms with Crippen molar-refractivity contribution in [3.8, 4) is 0 Å². The molecule has 0 saturated carbocycles. The molecule has 0 aliphatic carbocycles. The SMILES string of the molecule is CC(C)(C)PSOB(O)O.[H-].[Na+]. The second kappa shape index (κ2) is 7.16. The van der Waals surface area contributed by atoms with Gasteiger partial charge in [-0.2, -0.15) is 0 Å². The maximum absolute atomic E-state index is 8.27. The van der Waals surface area contributed by atoms with Crippen LogP contribution < -0.4 is 29.6 Å². The van der Waals surface area contributed by atoms with Crippen LogP contribution in [-0.4, -0.2) is 22.5 Å². The predicted octanol–water partition coefficient (Wildman–Crippen LogP) is -1.87. The molecular weight excluding hydrogens is 193 g/mol. The van der Waals surface area contributed by atoms with E-state index in [0.29, 0.717) is 7.78 Å². The van der Waals surface area contributed by atoms with Gasteiger partial charge in [0.15, 0.2) is 0 Å². The predicted molar refractivity (Wildman–Crippen MR) is 48.0 cm³/mol. The Hall–Kier alpha value is 1.72. The fourth-order valence-corrected chi connectivity index (χ4v) is 1.73. The largest absolute Gasteiger partial charge is 1.00 e. The van der Waals surface area contributed by atoms with Gasteiger partial charge in [-0.1, -0.05) is 20.8 Å². The molecule has 3 nitrogen and oxygen atoms in total. The van der Waals surface area contributed by atoms with Crippen LogP contribution in [0.3, 0.4) is 0 Å². The van der Waals surface area contributed by atoms with E-state index in [9.17, 15) is 0 Å². The first kappa shape index (κ1) is 15.2. The van der Waals surface area contributed by atoms with Crippen molar-refractivity contribution in [1.82, 2.24) is 0 Å². The standard InChI is InChI=1S/C4H12BO3PS.Na.H/c1-4(2,3)9-10-8-5(6)7;;/h6-7,9H,1-3H3;;/q;+1;-1. The van der Waals surface area contributed by atoms with Crippen molar-refractivity contribution in [2.24, 2.45) is 0 Å². The molecule has 2 N–H and O–H groups in total. The van der Waals surface area contributed by atoms with Crippen LogP contribution in [0.4, 0.5) is 0 Å². The van der Waals surface area contributed by atoms with Crippen LogP contribution in [-0.2, 0) is 4.10 Å². The van der Waals surface area contributed by atoms with E-state index < -0.39 is 7.32 Å². The van der Waals surface area contributed by atoms with Gasteiger partial charge >= 0.3 is 36.9 Å². The summed E-state index contributed by atoms with van der Waals surface area (Å²) in [5.41, 5.74) is 0. The molecule has 1 unspecified atom stereocenters. The molecule has 1 atom stereocenters. The molecule has 0 aliphatic rings. The molecule has 0 rings (SSSR count). The maximum atomic E-state index is 8.27. The summed E-state index contributed by atoms with van der Waals surface area (Å²) >= 11 is 1.10. The molecular formula is C4H13BNaO3PS. The van der Waals surface area contributed by atoms with E-state index in [4.69, 9.17) is 10.0 Å². The minimum atomic E-state index is -1.65. The van der Waals surface area contributed by atoms with Gasteiger partial charge in [-0.3, -0.25) is 0 Å². The monoisotopic (exact) mass is 206 g/mol. The van der Waals surface area contributed by atoms with Crippen molar-refractivity contribution >= 4 is 26.8 Å². The average Bonchev–Trinajstić information content (AvgIpc) is 1.59. The van der Waals surface area contributed by atoms with Crippen molar-refractivity contribution < 1.29 is 45.1 Å². The third-order valence-electron chi connectivity index (χ3n) is 0.482. The summed E-state index contributed by atoms with van der Waals surface area (Å²) in [5, 5.41) is 16.7. The van der Waals surface area contributed by atoms with Crippen LogP contribution >= 0.6 is 19.4 Å². The smallest absolute Gasteiger partial charge is 1.00 e. The van der Waals surface area contributed by atoms with Crippen LogP contribution in [0.15, 0.2) is 0 Å². The molecule has 0 spiro atoms. The van der Waals surface area contributed by atoms with Crippen LogP contribution in [0.5, 0.6) is 0 Å². The molecule has 0 aromatic carbocycles. The van der Waals surface area contributed by atoms with Gasteiger partial charge in [0.2, 0.25) is 0 Å².